The lowest BCUT2D eigenvalue weighted by molar-refractivity contribution is -0.339. The van der Waals surface area contributed by atoms with Gasteiger partial charge in [0.2, 0.25) is 0 Å². The Morgan fingerprint density at radius 2 is 1.14 bits per heavy atom. The van der Waals surface area contributed by atoms with Crippen LogP contribution in [0.15, 0.2) is 103 Å². The molecule has 19 heteroatoms. The first-order valence-corrected chi connectivity index (χ1v) is 34.0. The Labute approximate surface area is 527 Å². The summed E-state index contributed by atoms with van der Waals surface area (Å²) in [6.45, 7) is 11.1. The maximum absolute atomic E-state index is 12.5. The molecule has 0 saturated carbocycles. The summed E-state index contributed by atoms with van der Waals surface area (Å²) >= 11 is 0. The first kappa shape index (κ1) is 61.5. The highest BCUT2D eigenvalue weighted by Crippen LogP contribution is 2.52. The van der Waals surface area contributed by atoms with Crippen LogP contribution in [0, 0.1) is 23.7 Å². The van der Waals surface area contributed by atoms with E-state index in [0.717, 1.165) is 17.4 Å². The van der Waals surface area contributed by atoms with Crippen molar-refractivity contribution in [2.24, 2.45) is 23.7 Å². The molecule has 0 amide bonds. The molecular weight excluding hydrogens is 1160 g/mol. The van der Waals surface area contributed by atoms with Gasteiger partial charge in [0.25, 0.3) is 0 Å². The van der Waals surface area contributed by atoms with Crippen LogP contribution in [0.3, 0.4) is 0 Å². The number of ether oxygens (including phenoxy) is 15. The van der Waals surface area contributed by atoms with E-state index in [1.165, 1.54) is 5.39 Å². The average molecular weight is 1250 g/mol. The van der Waals surface area contributed by atoms with Crippen molar-refractivity contribution in [3.8, 4) is 0 Å². The van der Waals surface area contributed by atoms with E-state index in [0.29, 0.717) is 64.4 Å². The molecule has 90 heavy (non-hydrogen) atoms. The Morgan fingerprint density at radius 1 is 0.478 bits per heavy atom. The van der Waals surface area contributed by atoms with Crippen molar-refractivity contribution in [3.05, 3.63) is 109 Å². The zero-order chi connectivity index (χ0) is 61.3. The minimum atomic E-state index is -1.04. The smallest absolute Gasteiger partial charge is 0.184 e. The molecule has 0 bridgehead atoms. The second-order valence-electron chi connectivity index (χ2n) is 29.0. The average Bonchev–Trinajstić information content (AvgIpc) is 1.52. The molecule has 10 saturated heterocycles. The van der Waals surface area contributed by atoms with E-state index >= 15 is 0 Å². The van der Waals surface area contributed by atoms with Gasteiger partial charge in [-0.05, 0) is 67.7 Å². The maximum atomic E-state index is 12.5. The van der Waals surface area contributed by atoms with E-state index in [1.807, 2.05) is 56.4 Å². The van der Waals surface area contributed by atoms with E-state index in [-0.39, 0.29) is 91.3 Å². The number of rotatable bonds is 3. The van der Waals surface area contributed by atoms with Crippen LogP contribution in [-0.4, -0.2) is 210 Å². The number of hydrogen-bond donors (Lipinski definition) is 4. The van der Waals surface area contributed by atoms with Crippen LogP contribution in [0.1, 0.15) is 111 Å². The molecule has 19 nitrogen and oxygen atoms in total. The van der Waals surface area contributed by atoms with Crippen molar-refractivity contribution in [1.82, 2.24) is 0 Å². The van der Waals surface area contributed by atoms with E-state index in [1.54, 1.807) is 0 Å². The molecule has 0 aromatic heterocycles. The molecule has 10 fully saturated rings. The van der Waals surface area contributed by atoms with Gasteiger partial charge in [0, 0.05) is 49.5 Å². The zero-order valence-corrected chi connectivity index (χ0v) is 52.2. The van der Waals surface area contributed by atoms with E-state index in [2.05, 4.69) is 81.5 Å². The molecule has 0 aliphatic carbocycles. The number of benzene rings is 2. The zero-order valence-electron chi connectivity index (χ0n) is 52.2. The van der Waals surface area contributed by atoms with Crippen LogP contribution >= 0.6 is 0 Å². The summed E-state index contributed by atoms with van der Waals surface area (Å²) < 4.78 is 102. The van der Waals surface area contributed by atoms with Crippen LogP contribution in [0.5, 0.6) is 0 Å². The number of aliphatic hydroxyl groups is 4. The highest BCUT2D eigenvalue weighted by molar-refractivity contribution is 5.83. The molecule has 1 spiro atoms. The van der Waals surface area contributed by atoms with Gasteiger partial charge < -0.3 is 91.5 Å². The fourth-order valence-electron chi connectivity index (χ4n) is 17.9. The second-order valence-corrected chi connectivity index (χ2v) is 29.0. The molecule has 2 aromatic carbocycles. The molecule has 4 N–H and O–H groups in total. The van der Waals surface area contributed by atoms with E-state index in [4.69, 9.17) is 71.1 Å². The maximum Gasteiger partial charge on any atom is 0.184 e. The van der Waals surface area contributed by atoms with Crippen molar-refractivity contribution >= 4 is 10.8 Å². The monoisotopic (exact) mass is 1250 g/mol. The summed E-state index contributed by atoms with van der Waals surface area (Å²) in [5.41, 5.74) is -0.0665. The summed E-state index contributed by atoms with van der Waals surface area (Å²) in [6, 6.07) is 14.5. The first-order valence-electron chi connectivity index (χ1n) is 34.0. The van der Waals surface area contributed by atoms with Crippen LogP contribution < -0.4 is 0 Å². The number of hydrogen-bond acceptors (Lipinski definition) is 19. The van der Waals surface area contributed by atoms with Crippen molar-refractivity contribution in [3.63, 3.8) is 0 Å². The van der Waals surface area contributed by atoms with Gasteiger partial charge in [0.1, 0.15) is 60.5 Å². The van der Waals surface area contributed by atoms with Gasteiger partial charge in [-0.2, -0.15) is 0 Å². The molecule has 2 aromatic rings. The topological polar surface area (TPSA) is 219 Å². The lowest BCUT2D eigenvalue weighted by Gasteiger charge is -2.53. The third-order valence-electron chi connectivity index (χ3n) is 23.2. The Morgan fingerprint density at radius 3 is 1.97 bits per heavy atom. The van der Waals surface area contributed by atoms with Gasteiger partial charge in [-0.3, -0.25) is 0 Å². The molecule has 0 radical (unpaired) electrons. The van der Waals surface area contributed by atoms with E-state index < -0.39 is 121 Å². The predicted molar refractivity (Wildman–Crippen MR) is 324 cm³/mol. The Hall–Kier alpha value is -3.36. The minimum absolute atomic E-state index is 0.0312. The normalized spacial score (nSPS) is 53.5. The summed E-state index contributed by atoms with van der Waals surface area (Å²) in [5, 5.41) is 49.5. The second kappa shape index (κ2) is 24.7. The Kier molecular flexibility index (Phi) is 16.9. The van der Waals surface area contributed by atoms with Gasteiger partial charge in [0.15, 0.2) is 12.1 Å². The lowest BCUT2D eigenvalue weighted by Crippen LogP contribution is -2.63. The molecule has 14 aliphatic rings. The van der Waals surface area contributed by atoms with Gasteiger partial charge in [-0.15, -0.1) is 0 Å². The van der Waals surface area contributed by atoms with Crippen molar-refractivity contribution in [1.29, 1.82) is 0 Å². The van der Waals surface area contributed by atoms with Crippen LogP contribution in [0.4, 0.5) is 0 Å². The Bertz CT molecular complexity index is 3050. The van der Waals surface area contributed by atoms with Crippen LogP contribution in [0.25, 0.3) is 10.8 Å². The third kappa shape index (κ3) is 11.3. The molecule has 490 valence electrons. The minimum Gasteiger partial charge on any atom is -0.391 e. The standard InChI is InChI=1S/C71H92O19/c1-35-25-52-54(29-58-64(87-52)37(3)62(74)68-65(88-58)36(2)38(4)71(90-68)32-42(72)33-77-71)84-56-31-61-70(5,89-57(56)26-35)60(73)30-55-46(85-61)15-9-8-14-45-47(82-55)21-22-49-48(80-45)23-24-50-53(81-49)28-59-67(86-50)63(75)66-51(83-59)16-10-13-43(78-66)19-20-44-34-76-69(79-44)41-18-17-39-11-6-7-12-40(39)27-41/h6-13,17-24,27,35-38,42-69,72-75H,14-16,25-26,28-34H2,1-5H3/b9-8-,20-19+/t35-,36+,37+,38+,42+,43-,44+,45-,46+,47+,48+,49-,50-,51+,52+,53+,54-,55-,56+,57-,58+,59-,60-,61-,62+,63-,64-,65-,66+,67-,68+,69?,70+,71-/m1/s1. The molecule has 34 atom stereocenters. The van der Waals surface area contributed by atoms with Gasteiger partial charge in [-0.1, -0.05) is 125 Å². The third-order valence-corrected chi connectivity index (χ3v) is 23.2. The number of aliphatic hydroxyl groups excluding tert-OH is 4. The highest BCUT2D eigenvalue weighted by Gasteiger charge is 2.63. The number of fused-ring (bicyclic) bond motifs is 12. The summed E-state index contributed by atoms with van der Waals surface area (Å²) in [4.78, 5) is 0. The summed E-state index contributed by atoms with van der Waals surface area (Å²) in [5.74, 6) is -1.19. The van der Waals surface area contributed by atoms with Gasteiger partial charge >= 0.3 is 0 Å². The largest absolute Gasteiger partial charge is 0.391 e. The predicted octanol–water partition coefficient (Wildman–Crippen LogP) is 6.88. The highest BCUT2D eigenvalue weighted by atomic mass is 16.7. The molecule has 14 aliphatic heterocycles. The van der Waals surface area contributed by atoms with Crippen molar-refractivity contribution in [2.75, 3.05) is 13.2 Å². The quantitative estimate of drug-likeness (QED) is 0.230. The summed E-state index contributed by atoms with van der Waals surface area (Å²) in [7, 11) is 0. The molecule has 1 unspecified atom stereocenters. The molecule has 14 heterocycles. The summed E-state index contributed by atoms with van der Waals surface area (Å²) in [6.07, 6.45) is 12.4. The molecule has 16 rings (SSSR count). The SMILES string of the molecule is C[C@@H]1C[C@@H]2O[C@@H]3[C@@H](C)[C@H](O)[C@@H]4O[C@]5(C[C@H](O)CO5)[C@@H](C)[C@H](C)[C@H]4O[C@H]3C[C@H]2O[C@H]2C[C@H]3O[C@H]4C/C=C\C[C@H]5O[C@H]6C=C[C@H]7O[C@H]8[C@H](O)[C@H]9O[C@@H](/C=C/[C@H]%10COC(c%11ccc%12ccccc%12c%11)O%10)C=CC[C@@H]9O[C@@H]8C[C@@H]7O[C@@H]6C=C[C@@H]5O[C@@H]4C[C@@H](O)[C@]3(C)O[C@@H]2C1. The van der Waals surface area contributed by atoms with Crippen molar-refractivity contribution in [2.45, 2.75) is 281 Å². The van der Waals surface area contributed by atoms with Crippen LogP contribution in [0.2, 0.25) is 0 Å². The lowest BCUT2D eigenvalue weighted by atomic mass is 9.75. The van der Waals surface area contributed by atoms with Crippen molar-refractivity contribution < 1.29 is 91.5 Å². The van der Waals surface area contributed by atoms with E-state index in [9.17, 15) is 20.4 Å². The van der Waals surface area contributed by atoms with Gasteiger partial charge in [0.05, 0.1) is 123 Å². The molecular formula is C71H92O19. The van der Waals surface area contributed by atoms with Gasteiger partial charge in [-0.25, -0.2) is 0 Å². The van der Waals surface area contributed by atoms with Crippen LogP contribution in [-0.2, 0) is 71.1 Å². The fourth-order valence-corrected chi connectivity index (χ4v) is 17.9. The Balaban J connectivity index is 0.559. The first-order chi connectivity index (χ1) is 43.6. The fraction of sp³-hybridized carbons (Fsp3) is 0.718.